The van der Waals surface area contributed by atoms with Gasteiger partial charge in [0.15, 0.2) is 11.3 Å². The molecule has 1 N–H and O–H groups in total. The lowest BCUT2D eigenvalue weighted by molar-refractivity contribution is -0.137. The van der Waals surface area contributed by atoms with Crippen LogP contribution in [0.2, 0.25) is 0 Å². The van der Waals surface area contributed by atoms with Crippen molar-refractivity contribution in [2.45, 2.75) is 20.0 Å². The Bertz CT molecular complexity index is 1300. The Morgan fingerprint density at radius 3 is 2.45 bits per heavy atom. The van der Waals surface area contributed by atoms with E-state index in [-0.39, 0.29) is 11.4 Å². The number of nitrogens with zero attached hydrogens (tertiary/aromatic N) is 4. The van der Waals surface area contributed by atoms with Gasteiger partial charge in [0, 0.05) is 10.2 Å². The molecule has 10 heteroatoms. The monoisotopic (exact) mass is 489 g/mol. The Labute approximate surface area is 183 Å². The largest absolute Gasteiger partial charge is 0.416 e. The number of carbonyl (C=O) groups is 1. The zero-order valence-corrected chi connectivity index (χ0v) is 17.9. The van der Waals surface area contributed by atoms with Crippen LogP contribution in [0, 0.1) is 13.8 Å². The molecule has 6 nitrogen and oxygen atoms in total. The van der Waals surface area contributed by atoms with Gasteiger partial charge in [-0.05, 0) is 49.7 Å². The van der Waals surface area contributed by atoms with Crippen LogP contribution in [0.4, 0.5) is 18.9 Å². The number of carbonyl (C=O) groups excluding carboxylic acids is 1. The Morgan fingerprint density at radius 1 is 1.06 bits per heavy atom. The molecule has 0 unspecified atom stereocenters. The minimum Gasteiger partial charge on any atom is -0.321 e. The average Bonchev–Trinajstić information content (AvgIpc) is 3.05. The van der Waals surface area contributed by atoms with Gasteiger partial charge in [0.05, 0.1) is 22.5 Å². The van der Waals surface area contributed by atoms with Crippen molar-refractivity contribution in [2.24, 2.45) is 0 Å². The first-order valence-corrected chi connectivity index (χ1v) is 9.91. The maximum absolute atomic E-state index is 12.9. The van der Waals surface area contributed by atoms with Crippen LogP contribution in [-0.4, -0.2) is 25.7 Å². The highest BCUT2D eigenvalue weighted by Crippen LogP contribution is 2.31. The fourth-order valence-corrected chi connectivity index (χ4v) is 3.50. The Hall–Kier alpha value is -3.27. The van der Waals surface area contributed by atoms with Crippen LogP contribution in [0.1, 0.15) is 27.4 Å². The predicted molar refractivity (Wildman–Crippen MR) is 113 cm³/mol. The molecule has 4 rings (SSSR count). The van der Waals surface area contributed by atoms with E-state index < -0.39 is 17.6 Å². The molecule has 31 heavy (non-hydrogen) atoms. The fourth-order valence-electron chi connectivity index (χ4n) is 3.24. The van der Waals surface area contributed by atoms with Crippen molar-refractivity contribution >= 4 is 33.2 Å². The molecule has 0 spiro atoms. The van der Waals surface area contributed by atoms with E-state index in [1.165, 1.54) is 16.6 Å². The molecular weight excluding hydrogens is 475 g/mol. The summed E-state index contributed by atoms with van der Waals surface area (Å²) in [6.45, 7) is 3.48. The standard InChI is InChI=1S/C21H15BrF3N5O/c1-11-17(13-6-8-15(22)9-7-13)19-28-27-18(12(2)30(19)29-11)20(31)26-16-5-3-4-14(10-16)21(23,24)25/h3-10H,1-2H3,(H,26,31). The molecule has 1 amide bonds. The van der Waals surface area contributed by atoms with E-state index in [1.807, 2.05) is 31.2 Å². The van der Waals surface area contributed by atoms with Crippen LogP contribution in [-0.2, 0) is 6.18 Å². The van der Waals surface area contributed by atoms with E-state index in [0.717, 1.165) is 27.7 Å². The van der Waals surface area contributed by atoms with Gasteiger partial charge < -0.3 is 5.32 Å². The molecule has 2 heterocycles. The summed E-state index contributed by atoms with van der Waals surface area (Å²) in [6, 6.07) is 12.0. The van der Waals surface area contributed by atoms with Crippen molar-refractivity contribution in [2.75, 3.05) is 5.32 Å². The van der Waals surface area contributed by atoms with E-state index in [4.69, 9.17) is 0 Å². The summed E-state index contributed by atoms with van der Waals surface area (Å²) in [5.74, 6) is -0.676. The van der Waals surface area contributed by atoms with Crippen molar-refractivity contribution in [3.8, 4) is 11.1 Å². The number of alkyl halides is 3. The summed E-state index contributed by atoms with van der Waals surface area (Å²) in [4.78, 5) is 12.7. The van der Waals surface area contributed by atoms with Crippen molar-refractivity contribution in [3.05, 3.63) is 75.6 Å². The number of aryl methyl sites for hydroxylation is 2. The Morgan fingerprint density at radius 2 is 1.77 bits per heavy atom. The van der Waals surface area contributed by atoms with Crippen LogP contribution in [0.5, 0.6) is 0 Å². The van der Waals surface area contributed by atoms with Crippen LogP contribution in [0.15, 0.2) is 53.0 Å². The molecule has 0 aliphatic rings. The normalized spacial score (nSPS) is 11.7. The smallest absolute Gasteiger partial charge is 0.321 e. The summed E-state index contributed by atoms with van der Waals surface area (Å²) in [6.07, 6.45) is -4.51. The van der Waals surface area contributed by atoms with Crippen LogP contribution < -0.4 is 5.32 Å². The van der Waals surface area contributed by atoms with Crippen molar-refractivity contribution < 1.29 is 18.0 Å². The molecule has 4 aromatic rings. The van der Waals surface area contributed by atoms with Gasteiger partial charge in [-0.25, -0.2) is 4.52 Å². The number of anilines is 1. The highest BCUT2D eigenvalue weighted by Gasteiger charge is 2.30. The Balaban J connectivity index is 1.70. The molecule has 0 bridgehead atoms. The second-order valence-electron chi connectivity index (χ2n) is 6.87. The molecule has 0 aliphatic carbocycles. The zero-order valence-electron chi connectivity index (χ0n) is 16.3. The predicted octanol–water partition coefficient (Wildman–Crippen LogP) is 5.44. The fraction of sp³-hybridized carbons (Fsp3) is 0.143. The van der Waals surface area contributed by atoms with Gasteiger partial charge in [-0.3, -0.25) is 4.79 Å². The molecule has 0 aliphatic heterocycles. The third kappa shape index (κ3) is 4.02. The summed E-state index contributed by atoms with van der Waals surface area (Å²) in [7, 11) is 0. The summed E-state index contributed by atoms with van der Waals surface area (Å²) in [5.41, 5.74) is 2.40. The van der Waals surface area contributed by atoms with Crippen molar-refractivity contribution in [3.63, 3.8) is 0 Å². The summed E-state index contributed by atoms with van der Waals surface area (Å²) >= 11 is 3.40. The molecular formula is C21H15BrF3N5O. The van der Waals surface area contributed by atoms with Crippen molar-refractivity contribution in [1.29, 1.82) is 0 Å². The van der Waals surface area contributed by atoms with Crippen LogP contribution >= 0.6 is 15.9 Å². The van der Waals surface area contributed by atoms with Gasteiger partial charge in [0.25, 0.3) is 5.91 Å². The maximum atomic E-state index is 12.9. The first kappa shape index (κ1) is 21.0. The van der Waals surface area contributed by atoms with Gasteiger partial charge in [0.2, 0.25) is 0 Å². The first-order chi connectivity index (χ1) is 14.6. The topological polar surface area (TPSA) is 72.2 Å². The number of aromatic nitrogens is 4. The Kier molecular flexibility index (Phi) is 5.26. The van der Waals surface area contributed by atoms with E-state index in [2.05, 4.69) is 36.5 Å². The maximum Gasteiger partial charge on any atom is 0.416 e. The van der Waals surface area contributed by atoms with E-state index in [9.17, 15) is 18.0 Å². The average molecular weight is 490 g/mol. The molecule has 0 saturated heterocycles. The lowest BCUT2D eigenvalue weighted by atomic mass is 10.1. The van der Waals surface area contributed by atoms with E-state index in [1.54, 1.807) is 6.92 Å². The first-order valence-electron chi connectivity index (χ1n) is 9.12. The number of amides is 1. The molecule has 0 atom stereocenters. The summed E-state index contributed by atoms with van der Waals surface area (Å²) < 4.78 is 41.2. The number of nitrogens with one attached hydrogen (secondary N) is 1. The number of halogens is 4. The SMILES string of the molecule is Cc1nn2c(C)c(C(=O)Nc3cccc(C(F)(F)F)c3)nnc2c1-c1ccc(Br)cc1. The van der Waals surface area contributed by atoms with Gasteiger partial charge in [-0.15, -0.1) is 10.2 Å². The zero-order chi connectivity index (χ0) is 22.3. The number of fused-ring (bicyclic) bond motifs is 1. The summed E-state index contributed by atoms with van der Waals surface area (Å²) in [5, 5.41) is 15.1. The molecule has 0 radical (unpaired) electrons. The van der Waals surface area contributed by atoms with Crippen LogP contribution in [0.25, 0.3) is 16.8 Å². The molecule has 158 valence electrons. The number of rotatable bonds is 3. The quantitative estimate of drug-likeness (QED) is 0.415. The lowest BCUT2D eigenvalue weighted by Crippen LogP contribution is -2.19. The van der Waals surface area contributed by atoms with Gasteiger partial charge in [0.1, 0.15) is 0 Å². The second kappa shape index (κ2) is 7.77. The highest BCUT2D eigenvalue weighted by molar-refractivity contribution is 9.10. The molecule has 0 saturated carbocycles. The second-order valence-corrected chi connectivity index (χ2v) is 7.79. The minimum absolute atomic E-state index is 0.00770. The van der Waals surface area contributed by atoms with Gasteiger partial charge in [-0.1, -0.05) is 34.1 Å². The van der Waals surface area contributed by atoms with Crippen molar-refractivity contribution in [1.82, 2.24) is 19.8 Å². The van der Waals surface area contributed by atoms with Gasteiger partial charge in [-0.2, -0.15) is 18.3 Å². The van der Waals surface area contributed by atoms with Crippen LogP contribution in [0.3, 0.4) is 0 Å². The van der Waals surface area contributed by atoms with Gasteiger partial charge >= 0.3 is 6.18 Å². The third-order valence-corrected chi connectivity index (χ3v) is 5.27. The number of hydrogen-bond donors (Lipinski definition) is 1. The number of benzene rings is 2. The minimum atomic E-state index is -4.51. The molecule has 2 aromatic carbocycles. The number of hydrogen-bond acceptors (Lipinski definition) is 4. The molecule has 0 fully saturated rings. The van der Waals surface area contributed by atoms with E-state index in [0.29, 0.717) is 17.0 Å². The third-order valence-electron chi connectivity index (χ3n) is 4.74. The highest BCUT2D eigenvalue weighted by atomic mass is 79.9. The lowest BCUT2D eigenvalue weighted by Gasteiger charge is -2.10. The molecule has 2 aromatic heterocycles. The van der Waals surface area contributed by atoms with E-state index >= 15 is 0 Å².